The first kappa shape index (κ1) is 16.9. The van der Waals surface area contributed by atoms with Gasteiger partial charge in [0.1, 0.15) is 0 Å². The molecule has 0 amide bonds. The zero-order valence-electron chi connectivity index (χ0n) is 14.3. The molecule has 20 heavy (non-hydrogen) atoms. The Morgan fingerprint density at radius 2 is 1.85 bits per heavy atom. The Balaban J connectivity index is 3.14. The smallest absolute Gasteiger partial charge is 0.152 e. The molecule has 0 heterocycles. The lowest BCUT2D eigenvalue weighted by molar-refractivity contribution is -0.112. The third-order valence-electron chi connectivity index (χ3n) is 4.20. The zero-order chi connectivity index (χ0) is 15.6. The van der Waals surface area contributed by atoms with E-state index >= 15 is 0 Å². The largest absolute Gasteiger partial charge is 0.295 e. The second-order valence-corrected chi connectivity index (χ2v) is 7.73. The highest BCUT2D eigenvalue weighted by Gasteiger charge is 2.26. The number of carbonyl (C=O) groups excluding carboxylic acids is 1. The molecule has 0 spiro atoms. The Bertz CT molecular complexity index is 464. The van der Waals surface area contributed by atoms with E-state index in [0.717, 1.165) is 5.57 Å². The third-order valence-corrected chi connectivity index (χ3v) is 4.20. The van der Waals surface area contributed by atoms with Crippen molar-refractivity contribution in [2.75, 3.05) is 0 Å². The summed E-state index contributed by atoms with van der Waals surface area (Å²) in [6, 6.07) is 0. The van der Waals surface area contributed by atoms with E-state index in [2.05, 4.69) is 53.7 Å². The Hall–Kier alpha value is -1.11. The zero-order valence-corrected chi connectivity index (χ0v) is 14.3. The Kier molecular flexibility index (Phi) is 5.18. The average molecular weight is 274 g/mol. The average Bonchev–Trinajstić information content (AvgIpc) is 2.23. The minimum Gasteiger partial charge on any atom is -0.295 e. The molecule has 0 N–H and O–H groups in total. The maximum absolute atomic E-state index is 11.4. The van der Waals surface area contributed by atoms with Gasteiger partial charge >= 0.3 is 0 Å². The molecule has 1 rings (SSSR count). The molecule has 1 nitrogen and oxygen atoms in total. The fourth-order valence-electron chi connectivity index (χ4n) is 2.92. The Morgan fingerprint density at radius 1 is 1.25 bits per heavy atom. The molecule has 0 saturated heterocycles. The van der Waals surface area contributed by atoms with Gasteiger partial charge in [-0.25, -0.2) is 0 Å². The van der Waals surface area contributed by atoms with E-state index in [-0.39, 0.29) is 16.6 Å². The fraction of sp³-hybridized carbons (Fsp3) is 0.632. The van der Waals surface area contributed by atoms with E-state index in [4.69, 9.17) is 0 Å². The number of rotatable bonds is 3. The maximum Gasteiger partial charge on any atom is 0.152 e. The molecule has 1 aliphatic rings. The van der Waals surface area contributed by atoms with Crippen LogP contribution in [0.1, 0.15) is 67.7 Å². The van der Waals surface area contributed by atoms with Gasteiger partial charge in [-0.3, -0.25) is 4.79 Å². The van der Waals surface area contributed by atoms with E-state index in [1.165, 1.54) is 30.4 Å². The second-order valence-electron chi connectivity index (χ2n) is 7.73. The van der Waals surface area contributed by atoms with Crippen LogP contribution in [0.15, 0.2) is 34.9 Å². The van der Waals surface area contributed by atoms with Crippen molar-refractivity contribution in [2.45, 2.75) is 67.7 Å². The van der Waals surface area contributed by atoms with Gasteiger partial charge in [0.15, 0.2) is 5.78 Å². The van der Waals surface area contributed by atoms with Crippen molar-refractivity contribution in [3.63, 3.8) is 0 Å². The molecule has 0 radical (unpaired) electrons. The second kappa shape index (κ2) is 6.11. The van der Waals surface area contributed by atoms with Gasteiger partial charge in [0.25, 0.3) is 0 Å². The number of hydrogen-bond donors (Lipinski definition) is 0. The monoisotopic (exact) mass is 274 g/mol. The van der Waals surface area contributed by atoms with E-state index in [1.807, 2.05) is 0 Å². The topological polar surface area (TPSA) is 17.1 Å². The van der Waals surface area contributed by atoms with Crippen molar-refractivity contribution in [2.24, 2.45) is 10.8 Å². The number of hydrogen-bond acceptors (Lipinski definition) is 1. The predicted octanol–water partition coefficient (Wildman–Crippen LogP) is 5.63. The quantitative estimate of drug-likeness (QED) is 0.481. The predicted molar refractivity (Wildman–Crippen MR) is 87.7 cm³/mol. The van der Waals surface area contributed by atoms with Gasteiger partial charge in [-0.1, -0.05) is 52.3 Å². The summed E-state index contributed by atoms with van der Waals surface area (Å²) >= 11 is 0. The molecule has 0 aromatic carbocycles. The minimum atomic E-state index is -0.00452. The van der Waals surface area contributed by atoms with Crippen molar-refractivity contribution in [3.8, 4) is 0 Å². The summed E-state index contributed by atoms with van der Waals surface area (Å²) in [6.45, 7) is 15.0. The first-order chi connectivity index (χ1) is 9.04. The summed E-state index contributed by atoms with van der Waals surface area (Å²) in [5.74, 6) is 0.119. The van der Waals surface area contributed by atoms with Crippen molar-refractivity contribution in [1.29, 1.82) is 0 Å². The highest BCUT2D eigenvalue weighted by molar-refractivity contribution is 5.88. The van der Waals surface area contributed by atoms with Crippen molar-refractivity contribution >= 4 is 5.78 Å². The SMILES string of the molecule is CC(=O)/C=C(/C=C/C1=C(C)CCCC1(C)C)C(C)(C)C. The molecule has 0 aromatic heterocycles. The van der Waals surface area contributed by atoms with Crippen LogP contribution in [0.2, 0.25) is 0 Å². The van der Waals surface area contributed by atoms with Crippen LogP contribution in [-0.2, 0) is 4.79 Å². The molecule has 0 unspecified atom stereocenters. The number of carbonyl (C=O) groups is 1. The highest BCUT2D eigenvalue weighted by atomic mass is 16.1. The molecule has 0 saturated carbocycles. The summed E-state index contributed by atoms with van der Waals surface area (Å²) in [5.41, 5.74) is 4.29. The Morgan fingerprint density at radius 3 is 2.30 bits per heavy atom. The summed E-state index contributed by atoms with van der Waals surface area (Å²) in [7, 11) is 0. The summed E-state index contributed by atoms with van der Waals surface area (Å²) < 4.78 is 0. The molecular weight excluding hydrogens is 244 g/mol. The van der Waals surface area contributed by atoms with E-state index in [9.17, 15) is 4.79 Å². The van der Waals surface area contributed by atoms with E-state index < -0.39 is 0 Å². The highest BCUT2D eigenvalue weighted by Crippen LogP contribution is 2.41. The summed E-state index contributed by atoms with van der Waals surface area (Å²) in [4.78, 5) is 11.4. The van der Waals surface area contributed by atoms with Crippen LogP contribution >= 0.6 is 0 Å². The normalized spacial score (nSPS) is 20.6. The lowest BCUT2D eigenvalue weighted by Gasteiger charge is -2.33. The van der Waals surface area contributed by atoms with Crippen LogP contribution in [0.3, 0.4) is 0 Å². The number of allylic oxidation sites excluding steroid dienone is 6. The van der Waals surface area contributed by atoms with E-state index in [0.29, 0.717) is 0 Å². The molecule has 0 aliphatic heterocycles. The van der Waals surface area contributed by atoms with Gasteiger partial charge in [0, 0.05) is 0 Å². The number of ketones is 1. The first-order valence-electron chi connectivity index (χ1n) is 7.65. The fourth-order valence-corrected chi connectivity index (χ4v) is 2.92. The third kappa shape index (κ3) is 4.47. The van der Waals surface area contributed by atoms with Gasteiger partial charge in [-0.15, -0.1) is 0 Å². The van der Waals surface area contributed by atoms with Crippen LogP contribution in [0, 0.1) is 10.8 Å². The maximum atomic E-state index is 11.4. The molecule has 0 fully saturated rings. The minimum absolute atomic E-state index is 0.00452. The Labute approximate surface area is 124 Å². The van der Waals surface area contributed by atoms with Gasteiger partial charge in [0.2, 0.25) is 0 Å². The molecule has 112 valence electrons. The van der Waals surface area contributed by atoms with Crippen LogP contribution < -0.4 is 0 Å². The summed E-state index contributed by atoms with van der Waals surface area (Å²) in [6.07, 6.45) is 9.88. The van der Waals surface area contributed by atoms with Gasteiger partial charge in [-0.05, 0) is 61.2 Å². The van der Waals surface area contributed by atoms with Crippen LogP contribution in [-0.4, -0.2) is 5.78 Å². The first-order valence-corrected chi connectivity index (χ1v) is 7.65. The van der Waals surface area contributed by atoms with Crippen molar-refractivity contribution in [1.82, 2.24) is 0 Å². The van der Waals surface area contributed by atoms with Crippen molar-refractivity contribution < 1.29 is 4.79 Å². The van der Waals surface area contributed by atoms with Gasteiger partial charge in [0.05, 0.1) is 0 Å². The molecule has 0 atom stereocenters. The lowest BCUT2D eigenvalue weighted by atomic mass is 9.72. The van der Waals surface area contributed by atoms with E-state index in [1.54, 1.807) is 13.0 Å². The lowest BCUT2D eigenvalue weighted by Crippen LogP contribution is -2.19. The van der Waals surface area contributed by atoms with Gasteiger partial charge in [-0.2, -0.15) is 0 Å². The molecule has 0 aromatic rings. The summed E-state index contributed by atoms with van der Waals surface area (Å²) in [5, 5.41) is 0. The van der Waals surface area contributed by atoms with Crippen LogP contribution in [0.4, 0.5) is 0 Å². The molecular formula is C19H30O. The van der Waals surface area contributed by atoms with Crippen LogP contribution in [0.5, 0.6) is 0 Å². The molecule has 1 aliphatic carbocycles. The molecule has 0 bridgehead atoms. The van der Waals surface area contributed by atoms with Crippen molar-refractivity contribution in [3.05, 3.63) is 34.9 Å². The molecule has 1 heteroatoms. The standard InChI is InChI=1S/C19H30O/c1-14-9-8-12-19(6,7)17(14)11-10-16(13-15(2)20)18(3,4)5/h10-11,13H,8-9,12H2,1-7H3/b11-10+,16-13-. The van der Waals surface area contributed by atoms with Crippen LogP contribution in [0.25, 0.3) is 0 Å². The van der Waals surface area contributed by atoms with Gasteiger partial charge < -0.3 is 0 Å².